The first-order chi connectivity index (χ1) is 14.1. The van der Waals surface area contributed by atoms with Gasteiger partial charge in [0.2, 0.25) is 5.95 Å². The lowest BCUT2D eigenvalue weighted by molar-refractivity contribution is -0.107. The molecule has 8 heteroatoms. The molecular formula is C21H18FN3O4. The Morgan fingerprint density at radius 2 is 1.83 bits per heavy atom. The van der Waals surface area contributed by atoms with E-state index in [0.717, 1.165) is 17.5 Å². The molecule has 3 aromatic rings. The van der Waals surface area contributed by atoms with Crippen LogP contribution >= 0.6 is 0 Å². The number of halogens is 1. The molecule has 7 nitrogen and oxygen atoms in total. The molecule has 29 heavy (non-hydrogen) atoms. The molecule has 0 saturated carbocycles. The van der Waals surface area contributed by atoms with Crippen LogP contribution in [0.4, 0.5) is 16.0 Å². The van der Waals surface area contributed by atoms with Crippen LogP contribution in [0, 0.1) is 5.82 Å². The number of ether oxygens (including phenoxy) is 2. The lowest BCUT2D eigenvalue weighted by Crippen LogP contribution is -2.03. The third kappa shape index (κ3) is 5.13. The SMILES string of the molecule is COc1cc(C=O)cc(COc2cnc(Nc3ccc(CC=O)cc3)nc2)c1F. The van der Waals surface area contributed by atoms with Crippen LogP contribution in [0.2, 0.25) is 0 Å². The van der Waals surface area contributed by atoms with Gasteiger partial charge in [-0.1, -0.05) is 12.1 Å². The molecular weight excluding hydrogens is 377 g/mol. The number of aldehydes is 2. The van der Waals surface area contributed by atoms with E-state index in [-0.39, 0.29) is 23.5 Å². The number of carbonyl (C=O) groups is 2. The molecule has 0 saturated heterocycles. The van der Waals surface area contributed by atoms with Gasteiger partial charge >= 0.3 is 0 Å². The summed E-state index contributed by atoms with van der Waals surface area (Å²) in [6, 6.07) is 10.0. The van der Waals surface area contributed by atoms with Crippen LogP contribution in [0.1, 0.15) is 21.5 Å². The molecule has 0 aliphatic carbocycles. The van der Waals surface area contributed by atoms with E-state index in [1.54, 1.807) is 0 Å². The number of nitrogens with zero attached hydrogens (tertiary/aromatic N) is 2. The molecule has 1 aromatic heterocycles. The number of nitrogens with one attached hydrogen (secondary N) is 1. The minimum Gasteiger partial charge on any atom is -0.494 e. The summed E-state index contributed by atoms with van der Waals surface area (Å²) >= 11 is 0. The van der Waals surface area contributed by atoms with Gasteiger partial charge in [0.05, 0.1) is 19.5 Å². The number of anilines is 2. The zero-order valence-corrected chi connectivity index (χ0v) is 15.6. The van der Waals surface area contributed by atoms with Crippen molar-refractivity contribution in [1.82, 2.24) is 9.97 Å². The molecule has 0 radical (unpaired) electrons. The molecule has 1 heterocycles. The first kappa shape index (κ1) is 19.9. The molecule has 148 valence electrons. The van der Waals surface area contributed by atoms with Crippen molar-refractivity contribution in [3.8, 4) is 11.5 Å². The molecule has 0 amide bonds. The molecule has 0 atom stereocenters. The van der Waals surface area contributed by atoms with E-state index < -0.39 is 5.82 Å². The average Bonchev–Trinajstić information content (AvgIpc) is 2.75. The van der Waals surface area contributed by atoms with E-state index in [9.17, 15) is 14.0 Å². The highest BCUT2D eigenvalue weighted by Crippen LogP contribution is 2.24. The quantitative estimate of drug-likeness (QED) is 0.555. The monoisotopic (exact) mass is 395 g/mol. The van der Waals surface area contributed by atoms with Gasteiger partial charge in [0.15, 0.2) is 17.3 Å². The Bertz CT molecular complexity index is 992. The summed E-state index contributed by atoms with van der Waals surface area (Å²) in [5.41, 5.74) is 2.16. The van der Waals surface area contributed by atoms with Gasteiger partial charge in [0.1, 0.15) is 19.2 Å². The van der Waals surface area contributed by atoms with Crippen LogP contribution in [0.25, 0.3) is 0 Å². The normalized spacial score (nSPS) is 10.3. The van der Waals surface area contributed by atoms with Gasteiger partial charge in [-0.25, -0.2) is 14.4 Å². The van der Waals surface area contributed by atoms with Gasteiger partial charge in [0, 0.05) is 23.2 Å². The van der Waals surface area contributed by atoms with Crippen molar-refractivity contribution >= 4 is 24.2 Å². The lowest BCUT2D eigenvalue weighted by Gasteiger charge is -2.11. The zero-order chi connectivity index (χ0) is 20.6. The fourth-order valence-electron chi connectivity index (χ4n) is 2.57. The standard InChI is InChI=1S/C21H18FN3O4/c1-28-19-9-15(12-27)8-16(20(19)22)13-29-18-10-23-21(24-11-18)25-17-4-2-14(3-5-17)6-7-26/h2-5,7-12H,6,13H2,1H3,(H,23,24,25). The summed E-state index contributed by atoms with van der Waals surface area (Å²) in [6.45, 7) is -0.113. The second-order valence-electron chi connectivity index (χ2n) is 6.04. The fourth-order valence-corrected chi connectivity index (χ4v) is 2.57. The molecule has 0 unspecified atom stereocenters. The molecule has 0 bridgehead atoms. The highest BCUT2D eigenvalue weighted by Gasteiger charge is 2.12. The third-order valence-corrected chi connectivity index (χ3v) is 4.04. The number of benzene rings is 2. The maximum Gasteiger partial charge on any atom is 0.227 e. The van der Waals surface area contributed by atoms with Crippen LogP contribution in [0.15, 0.2) is 48.8 Å². The van der Waals surface area contributed by atoms with Crippen molar-refractivity contribution in [2.45, 2.75) is 13.0 Å². The maximum atomic E-state index is 14.3. The smallest absolute Gasteiger partial charge is 0.227 e. The van der Waals surface area contributed by atoms with E-state index in [2.05, 4.69) is 15.3 Å². The van der Waals surface area contributed by atoms with Crippen LogP contribution < -0.4 is 14.8 Å². The molecule has 0 spiro atoms. The molecule has 0 fully saturated rings. The molecule has 3 rings (SSSR count). The van der Waals surface area contributed by atoms with Gasteiger partial charge in [-0.3, -0.25) is 4.79 Å². The number of rotatable bonds is 9. The topological polar surface area (TPSA) is 90.4 Å². The van der Waals surface area contributed by atoms with Crippen molar-refractivity contribution < 1.29 is 23.5 Å². The van der Waals surface area contributed by atoms with Gasteiger partial charge in [-0.2, -0.15) is 0 Å². The average molecular weight is 395 g/mol. The van der Waals surface area contributed by atoms with Gasteiger partial charge in [0.25, 0.3) is 0 Å². The van der Waals surface area contributed by atoms with E-state index in [1.807, 2.05) is 24.3 Å². The van der Waals surface area contributed by atoms with Crippen molar-refractivity contribution in [3.63, 3.8) is 0 Å². The van der Waals surface area contributed by atoms with Crippen LogP contribution in [0.3, 0.4) is 0 Å². The van der Waals surface area contributed by atoms with E-state index in [1.165, 1.54) is 31.6 Å². The van der Waals surface area contributed by atoms with Crippen molar-refractivity contribution in [2.75, 3.05) is 12.4 Å². The molecule has 2 aromatic carbocycles. The second-order valence-corrected chi connectivity index (χ2v) is 6.04. The van der Waals surface area contributed by atoms with Crippen molar-refractivity contribution in [3.05, 3.63) is 71.3 Å². The predicted molar refractivity (Wildman–Crippen MR) is 104 cm³/mol. The van der Waals surface area contributed by atoms with E-state index in [4.69, 9.17) is 9.47 Å². The first-order valence-corrected chi connectivity index (χ1v) is 8.69. The molecule has 0 aliphatic rings. The number of hydrogen-bond donors (Lipinski definition) is 1. The number of methoxy groups -OCH3 is 1. The Morgan fingerprint density at radius 3 is 2.45 bits per heavy atom. The summed E-state index contributed by atoms with van der Waals surface area (Å²) in [7, 11) is 1.33. The number of carbonyl (C=O) groups excluding carboxylic acids is 2. The Balaban J connectivity index is 1.64. The Hall–Kier alpha value is -3.81. The van der Waals surface area contributed by atoms with E-state index >= 15 is 0 Å². The Morgan fingerprint density at radius 1 is 1.10 bits per heavy atom. The highest BCUT2D eigenvalue weighted by atomic mass is 19.1. The highest BCUT2D eigenvalue weighted by molar-refractivity contribution is 5.76. The summed E-state index contributed by atoms with van der Waals surface area (Å²) in [4.78, 5) is 29.8. The van der Waals surface area contributed by atoms with Crippen LogP contribution in [-0.2, 0) is 17.8 Å². The van der Waals surface area contributed by atoms with Gasteiger partial charge < -0.3 is 19.6 Å². The molecule has 0 aliphatic heterocycles. The van der Waals surface area contributed by atoms with Crippen molar-refractivity contribution in [2.24, 2.45) is 0 Å². The minimum absolute atomic E-state index is 0.0249. The van der Waals surface area contributed by atoms with Crippen LogP contribution in [0.5, 0.6) is 11.5 Å². The third-order valence-electron chi connectivity index (χ3n) is 4.04. The largest absolute Gasteiger partial charge is 0.494 e. The first-order valence-electron chi connectivity index (χ1n) is 8.69. The summed E-state index contributed by atoms with van der Waals surface area (Å²) < 4.78 is 24.7. The lowest BCUT2D eigenvalue weighted by atomic mass is 10.1. The summed E-state index contributed by atoms with van der Waals surface area (Å²) in [6.07, 6.45) is 4.73. The molecule has 1 N–H and O–H groups in total. The summed E-state index contributed by atoms with van der Waals surface area (Å²) in [5, 5.41) is 3.03. The van der Waals surface area contributed by atoms with E-state index in [0.29, 0.717) is 24.4 Å². The number of hydrogen-bond acceptors (Lipinski definition) is 7. The predicted octanol–water partition coefficient (Wildman–Crippen LogP) is 3.50. The fraction of sp³-hybridized carbons (Fsp3) is 0.143. The second kappa shape index (κ2) is 9.41. The number of aromatic nitrogens is 2. The van der Waals surface area contributed by atoms with Crippen molar-refractivity contribution in [1.29, 1.82) is 0 Å². The van der Waals surface area contributed by atoms with Crippen LogP contribution in [-0.4, -0.2) is 29.7 Å². The minimum atomic E-state index is -0.588. The summed E-state index contributed by atoms with van der Waals surface area (Å²) in [5.74, 6) is 0.0848. The van der Waals surface area contributed by atoms with Gasteiger partial charge in [-0.05, 0) is 29.8 Å². The Labute approximate surface area is 166 Å². The maximum absolute atomic E-state index is 14.3. The Kier molecular flexibility index (Phi) is 6.47. The zero-order valence-electron chi connectivity index (χ0n) is 15.6. The van der Waals surface area contributed by atoms with Gasteiger partial charge in [-0.15, -0.1) is 0 Å².